The maximum atomic E-state index is 6.54. The first kappa shape index (κ1) is 16.9. The molecule has 0 unspecified atom stereocenters. The van der Waals surface area contributed by atoms with Crippen LogP contribution in [0.3, 0.4) is 0 Å². The summed E-state index contributed by atoms with van der Waals surface area (Å²) in [6.45, 7) is 6.95. The zero-order chi connectivity index (χ0) is 17.4. The molecule has 0 radical (unpaired) electrons. The van der Waals surface area contributed by atoms with Crippen molar-refractivity contribution in [3.05, 3.63) is 52.0 Å². The number of nitrogens with one attached hydrogen (secondary N) is 1. The molecule has 1 saturated heterocycles. The highest BCUT2D eigenvalue weighted by atomic mass is 35.5. The lowest BCUT2D eigenvalue weighted by molar-refractivity contribution is 0.355. The fourth-order valence-corrected chi connectivity index (χ4v) is 4.25. The summed E-state index contributed by atoms with van der Waals surface area (Å²) in [7, 11) is 0. The Morgan fingerprint density at radius 2 is 2.20 bits per heavy atom. The smallest absolute Gasteiger partial charge is 0.137 e. The van der Waals surface area contributed by atoms with Crippen LogP contribution in [0.5, 0.6) is 5.75 Å². The SMILES string of the molecule is C=CCOc1ccc(Cl)c(Cl)c1[C@@H]1Cc2nnc([C@@H]3CCNC3)n2C1. The molecule has 1 fully saturated rings. The Balaban J connectivity index is 1.65. The minimum Gasteiger partial charge on any atom is -0.489 e. The van der Waals surface area contributed by atoms with Gasteiger partial charge in [0.1, 0.15) is 24.0 Å². The Morgan fingerprint density at radius 1 is 1.32 bits per heavy atom. The van der Waals surface area contributed by atoms with Crippen molar-refractivity contribution in [1.29, 1.82) is 0 Å². The van der Waals surface area contributed by atoms with Crippen LogP contribution in [0.2, 0.25) is 10.0 Å². The molecule has 0 amide bonds. The number of fused-ring (bicyclic) bond motifs is 1. The largest absolute Gasteiger partial charge is 0.489 e. The van der Waals surface area contributed by atoms with E-state index in [-0.39, 0.29) is 5.92 Å². The van der Waals surface area contributed by atoms with Crippen molar-refractivity contribution < 1.29 is 4.74 Å². The first-order valence-electron chi connectivity index (χ1n) is 8.53. The van der Waals surface area contributed by atoms with E-state index >= 15 is 0 Å². The molecule has 2 aliphatic rings. The van der Waals surface area contributed by atoms with Gasteiger partial charge in [0.25, 0.3) is 0 Å². The molecule has 132 valence electrons. The Morgan fingerprint density at radius 3 is 2.96 bits per heavy atom. The van der Waals surface area contributed by atoms with Crippen LogP contribution in [0.25, 0.3) is 0 Å². The van der Waals surface area contributed by atoms with E-state index in [0.29, 0.717) is 22.6 Å². The van der Waals surface area contributed by atoms with Gasteiger partial charge in [-0.3, -0.25) is 0 Å². The highest BCUT2D eigenvalue weighted by Crippen LogP contribution is 2.43. The van der Waals surface area contributed by atoms with Crippen LogP contribution in [0.15, 0.2) is 24.8 Å². The highest BCUT2D eigenvalue weighted by molar-refractivity contribution is 6.42. The van der Waals surface area contributed by atoms with Gasteiger partial charge in [0.2, 0.25) is 0 Å². The Labute approximate surface area is 157 Å². The van der Waals surface area contributed by atoms with Crippen molar-refractivity contribution in [1.82, 2.24) is 20.1 Å². The Hall–Kier alpha value is -1.56. The summed E-state index contributed by atoms with van der Waals surface area (Å²) >= 11 is 12.8. The van der Waals surface area contributed by atoms with Gasteiger partial charge in [-0.1, -0.05) is 35.9 Å². The number of rotatable bonds is 5. The van der Waals surface area contributed by atoms with Crippen LogP contribution in [0.1, 0.15) is 35.5 Å². The summed E-state index contributed by atoms with van der Waals surface area (Å²) in [6, 6.07) is 3.66. The van der Waals surface area contributed by atoms with Gasteiger partial charge < -0.3 is 14.6 Å². The number of hydrogen-bond acceptors (Lipinski definition) is 4. The third-order valence-electron chi connectivity index (χ3n) is 4.97. The van der Waals surface area contributed by atoms with Crippen molar-refractivity contribution in [2.24, 2.45) is 0 Å². The molecule has 4 rings (SSSR count). The van der Waals surface area contributed by atoms with Gasteiger partial charge in [0, 0.05) is 36.9 Å². The van der Waals surface area contributed by atoms with E-state index < -0.39 is 0 Å². The van der Waals surface area contributed by atoms with Crippen molar-refractivity contribution in [3.63, 3.8) is 0 Å². The van der Waals surface area contributed by atoms with Crippen molar-refractivity contribution in [2.45, 2.75) is 31.2 Å². The van der Waals surface area contributed by atoms with Gasteiger partial charge in [-0.2, -0.15) is 0 Å². The van der Waals surface area contributed by atoms with Crippen LogP contribution < -0.4 is 10.1 Å². The van der Waals surface area contributed by atoms with Crippen molar-refractivity contribution >= 4 is 23.2 Å². The van der Waals surface area contributed by atoms with E-state index in [0.717, 1.165) is 55.4 Å². The van der Waals surface area contributed by atoms with Crippen LogP contribution in [-0.4, -0.2) is 34.5 Å². The van der Waals surface area contributed by atoms with E-state index in [1.165, 1.54) is 0 Å². The molecule has 0 aliphatic carbocycles. The minimum atomic E-state index is 0.185. The lowest BCUT2D eigenvalue weighted by Gasteiger charge is -2.18. The molecule has 1 N–H and O–H groups in total. The van der Waals surface area contributed by atoms with Crippen LogP contribution in [-0.2, 0) is 13.0 Å². The number of benzene rings is 1. The van der Waals surface area contributed by atoms with Gasteiger partial charge in [-0.25, -0.2) is 0 Å². The van der Waals surface area contributed by atoms with Crippen LogP contribution >= 0.6 is 23.2 Å². The predicted octanol–water partition coefficient (Wildman–Crippen LogP) is 3.57. The molecule has 3 heterocycles. The lowest BCUT2D eigenvalue weighted by Crippen LogP contribution is -2.13. The van der Waals surface area contributed by atoms with E-state index in [1.807, 2.05) is 6.07 Å². The molecule has 2 atom stereocenters. The summed E-state index contributed by atoms with van der Waals surface area (Å²) in [5.74, 6) is 3.48. The molecule has 0 saturated carbocycles. The average molecular weight is 379 g/mol. The van der Waals surface area contributed by atoms with E-state index in [9.17, 15) is 0 Å². The van der Waals surface area contributed by atoms with E-state index in [2.05, 4.69) is 26.7 Å². The monoisotopic (exact) mass is 378 g/mol. The summed E-state index contributed by atoms with van der Waals surface area (Å²) in [4.78, 5) is 0. The maximum Gasteiger partial charge on any atom is 0.137 e. The number of hydrogen-bond donors (Lipinski definition) is 1. The van der Waals surface area contributed by atoms with Gasteiger partial charge in [-0.15, -0.1) is 10.2 Å². The molecule has 5 nitrogen and oxygen atoms in total. The second-order valence-electron chi connectivity index (χ2n) is 6.55. The molecule has 2 aliphatic heterocycles. The fraction of sp³-hybridized carbons (Fsp3) is 0.444. The molecular formula is C18H20Cl2N4O. The molecular weight excluding hydrogens is 359 g/mol. The third-order valence-corrected chi connectivity index (χ3v) is 5.79. The fourth-order valence-electron chi connectivity index (χ4n) is 3.78. The van der Waals surface area contributed by atoms with Gasteiger partial charge >= 0.3 is 0 Å². The van der Waals surface area contributed by atoms with Crippen LogP contribution in [0.4, 0.5) is 0 Å². The summed E-state index contributed by atoms with van der Waals surface area (Å²) in [6.07, 6.45) is 3.62. The Kier molecular flexibility index (Phi) is 4.71. The summed E-state index contributed by atoms with van der Waals surface area (Å²) < 4.78 is 8.07. The van der Waals surface area contributed by atoms with Crippen molar-refractivity contribution in [3.8, 4) is 5.75 Å². The molecule has 25 heavy (non-hydrogen) atoms. The quantitative estimate of drug-likeness (QED) is 0.808. The normalized spacial score (nSPS) is 22.2. The second kappa shape index (κ2) is 6.98. The first-order valence-corrected chi connectivity index (χ1v) is 9.29. The number of halogens is 2. The molecule has 0 spiro atoms. The maximum absolute atomic E-state index is 6.54. The first-order chi connectivity index (χ1) is 12.2. The highest BCUT2D eigenvalue weighted by Gasteiger charge is 2.34. The molecule has 2 aromatic rings. The summed E-state index contributed by atoms with van der Waals surface area (Å²) in [5.41, 5.74) is 0.956. The van der Waals surface area contributed by atoms with Gasteiger partial charge in [0.05, 0.1) is 10.0 Å². The second-order valence-corrected chi connectivity index (χ2v) is 7.33. The van der Waals surface area contributed by atoms with E-state index in [1.54, 1.807) is 12.1 Å². The van der Waals surface area contributed by atoms with E-state index in [4.69, 9.17) is 27.9 Å². The summed E-state index contributed by atoms with van der Waals surface area (Å²) in [5, 5.41) is 13.3. The number of ether oxygens (including phenoxy) is 1. The van der Waals surface area contributed by atoms with Gasteiger partial charge in [0.15, 0.2) is 0 Å². The molecule has 1 aromatic carbocycles. The lowest BCUT2D eigenvalue weighted by atomic mass is 9.96. The van der Waals surface area contributed by atoms with Crippen molar-refractivity contribution in [2.75, 3.05) is 19.7 Å². The zero-order valence-corrected chi connectivity index (χ0v) is 15.4. The molecule has 1 aromatic heterocycles. The Bertz CT molecular complexity index is 799. The zero-order valence-electron chi connectivity index (χ0n) is 13.8. The number of aromatic nitrogens is 3. The molecule has 0 bridgehead atoms. The average Bonchev–Trinajstić information content (AvgIpc) is 3.32. The standard InChI is InChI=1S/C18H20Cl2N4O/c1-2-7-25-14-4-3-13(19)17(20)16(14)12-8-15-22-23-18(24(15)10-12)11-5-6-21-9-11/h2-4,11-12,21H,1,5-10H2/t11-,12-/m1/s1. The van der Waals surface area contributed by atoms with Gasteiger partial charge in [-0.05, 0) is 25.1 Å². The predicted molar refractivity (Wildman–Crippen MR) is 98.8 cm³/mol. The number of nitrogens with zero attached hydrogens (tertiary/aromatic N) is 3. The third kappa shape index (κ3) is 3.05. The van der Waals surface area contributed by atoms with Crippen LogP contribution in [0, 0.1) is 0 Å². The minimum absolute atomic E-state index is 0.185. The topological polar surface area (TPSA) is 52.0 Å². The molecule has 7 heteroatoms.